The third-order valence-corrected chi connectivity index (χ3v) is 3.99. The van der Waals surface area contributed by atoms with E-state index in [9.17, 15) is 0 Å². The fourth-order valence-electron chi connectivity index (χ4n) is 1.91. The van der Waals surface area contributed by atoms with Crippen LogP contribution in [0.4, 0.5) is 0 Å². The summed E-state index contributed by atoms with van der Waals surface area (Å²) in [7, 11) is 3.04. The lowest BCUT2D eigenvalue weighted by molar-refractivity contribution is 0.355. The van der Waals surface area contributed by atoms with E-state index in [4.69, 9.17) is 44.3 Å². The Balaban J connectivity index is 2.62. The van der Waals surface area contributed by atoms with Gasteiger partial charge in [-0.25, -0.2) is 9.97 Å². The molecule has 1 aromatic heterocycles. The number of rotatable bonds is 4. The monoisotopic (exact) mass is 346 g/mol. The molecule has 2 aromatic rings. The summed E-state index contributed by atoms with van der Waals surface area (Å²) in [6, 6.07) is 3.45. The number of nitrogens with zero attached hydrogens (tertiary/aromatic N) is 2. The zero-order valence-electron chi connectivity index (χ0n) is 11.7. The normalized spacial score (nSPS) is 10.6. The molecule has 7 heteroatoms. The van der Waals surface area contributed by atoms with Gasteiger partial charge in [0.1, 0.15) is 10.3 Å². The van der Waals surface area contributed by atoms with Crippen molar-refractivity contribution >= 4 is 34.8 Å². The van der Waals surface area contributed by atoms with Gasteiger partial charge in [-0.15, -0.1) is 0 Å². The molecule has 1 aromatic carbocycles. The molecule has 4 nitrogen and oxygen atoms in total. The molecule has 0 fully saturated rings. The second-order valence-corrected chi connectivity index (χ2v) is 5.22. The summed E-state index contributed by atoms with van der Waals surface area (Å²) in [6.07, 6.45) is 0.650. The minimum Gasteiger partial charge on any atom is -0.493 e. The summed E-state index contributed by atoms with van der Waals surface area (Å²) in [6.45, 7) is 1.93. The van der Waals surface area contributed by atoms with E-state index in [-0.39, 0.29) is 0 Å². The van der Waals surface area contributed by atoms with Gasteiger partial charge in [0.05, 0.1) is 19.2 Å². The standard InChI is InChI=1S/C14H13Cl3N2O2/c1-4-7-12(16)18-14(19-13(7)17)8-5-6-9(20-2)11(21-3)10(8)15/h5-6H,4H2,1-3H3. The van der Waals surface area contributed by atoms with E-state index in [2.05, 4.69) is 9.97 Å². The van der Waals surface area contributed by atoms with Crippen LogP contribution in [0.15, 0.2) is 12.1 Å². The highest BCUT2D eigenvalue weighted by Gasteiger charge is 2.18. The third-order valence-electron chi connectivity index (χ3n) is 2.99. The summed E-state index contributed by atoms with van der Waals surface area (Å²) in [5.41, 5.74) is 1.28. The fourth-order valence-corrected chi connectivity index (χ4v) is 2.88. The molecule has 0 atom stereocenters. The molecule has 0 saturated carbocycles. The quantitative estimate of drug-likeness (QED) is 0.753. The third kappa shape index (κ3) is 3.03. The first kappa shape index (κ1) is 16.1. The minimum atomic E-state index is 0.318. The lowest BCUT2D eigenvalue weighted by Crippen LogP contribution is -1.98. The van der Waals surface area contributed by atoms with Crippen LogP contribution in [0, 0.1) is 0 Å². The Hall–Kier alpha value is -1.23. The summed E-state index contributed by atoms with van der Waals surface area (Å²) in [5.74, 6) is 1.27. The molecule has 0 aliphatic rings. The Labute approximate surface area is 138 Å². The molecule has 0 spiro atoms. The van der Waals surface area contributed by atoms with E-state index in [0.29, 0.717) is 50.2 Å². The SMILES string of the molecule is CCc1c(Cl)nc(-c2ccc(OC)c(OC)c2Cl)nc1Cl. The average Bonchev–Trinajstić information content (AvgIpc) is 2.46. The largest absolute Gasteiger partial charge is 0.493 e. The van der Waals surface area contributed by atoms with Crippen LogP contribution in [-0.2, 0) is 6.42 Å². The summed E-state index contributed by atoms with van der Waals surface area (Å²) in [5, 5.41) is 0.977. The highest BCUT2D eigenvalue weighted by molar-refractivity contribution is 6.36. The van der Waals surface area contributed by atoms with Gasteiger partial charge in [-0.05, 0) is 18.6 Å². The number of methoxy groups -OCH3 is 2. The van der Waals surface area contributed by atoms with Crippen LogP contribution >= 0.6 is 34.8 Å². The van der Waals surface area contributed by atoms with Gasteiger partial charge in [0.15, 0.2) is 17.3 Å². The zero-order valence-corrected chi connectivity index (χ0v) is 14.0. The zero-order chi connectivity index (χ0) is 15.6. The fraction of sp³-hybridized carbons (Fsp3) is 0.286. The first-order valence-electron chi connectivity index (χ1n) is 6.16. The van der Waals surface area contributed by atoms with Crippen molar-refractivity contribution in [1.82, 2.24) is 9.97 Å². The van der Waals surface area contributed by atoms with Gasteiger partial charge >= 0.3 is 0 Å². The van der Waals surface area contributed by atoms with Crippen molar-refractivity contribution in [2.75, 3.05) is 14.2 Å². The predicted octanol–water partition coefficient (Wildman–Crippen LogP) is 4.68. The van der Waals surface area contributed by atoms with Crippen LogP contribution in [0.2, 0.25) is 15.3 Å². The van der Waals surface area contributed by atoms with Gasteiger partial charge in [0.25, 0.3) is 0 Å². The Morgan fingerprint density at radius 2 is 1.62 bits per heavy atom. The number of benzene rings is 1. The number of halogens is 3. The molecule has 0 radical (unpaired) electrons. The molecule has 0 aliphatic carbocycles. The van der Waals surface area contributed by atoms with Crippen molar-refractivity contribution in [1.29, 1.82) is 0 Å². The summed E-state index contributed by atoms with van der Waals surface area (Å²) < 4.78 is 10.4. The number of ether oxygens (including phenoxy) is 2. The molecule has 0 unspecified atom stereocenters. The van der Waals surface area contributed by atoms with Crippen molar-refractivity contribution in [2.24, 2.45) is 0 Å². The second-order valence-electron chi connectivity index (χ2n) is 4.12. The molecular formula is C14H13Cl3N2O2. The van der Waals surface area contributed by atoms with Crippen LogP contribution in [0.5, 0.6) is 11.5 Å². The molecule has 0 aliphatic heterocycles. The van der Waals surface area contributed by atoms with Gasteiger partial charge in [-0.3, -0.25) is 0 Å². The van der Waals surface area contributed by atoms with Crippen molar-refractivity contribution in [3.8, 4) is 22.9 Å². The lowest BCUT2D eigenvalue weighted by Gasteiger charge is -2.13. The van der Waals surface area contributed by atoms with Gasteiger partial charge in [-0.2, -0.15) is 0 Å². The van der Waals surface area contributed by atoms with E-state index in [1.165, 1.54) is 14.2 Å². The van der Waals surface area contributed by atoms with Crippen LogP contribution in [-0.4, -0.2) is 24.2 Å². The van der Waals surface area contributed by atoms with Crippen LogP contribution in [0.3, 0.4) is 0 Å². The van der Waals surface area contributed by atoms with Crippen molar-refractivity contribution in [2.45, 2.75) is 13.3 Å². The highest BCUT2D eigenvalue weighted by atomic mass is 35.5. The molecule has 0 bridgehead atoms. The number of hydrogen-bond acceptors (Lipinski definition) is 4. The van der Waals surface area contributed by atoms with E-state index >= 15 is 0 Å². The Morgan fingerprint density at radius 3 is 2.10 bits per heavy atom. The Bertz CT molecular complexity index is 655. The lowest BCUT2D eigenvalue weighted by atomic mass is 10.1. The molecule has 2 rings (SSSR count). The molecule has 21 heavy (non-hydrogen) atoms. The molecule has 0 saturated heterocycles. The van der Waals surface area contributed by atoms with Crippen LogP contribution in [0.25, 0.3) is 11.4 Å². The predicted molar refractivity (Wildman–Crippen MR) is 85.0 cm³/mol. The Morgan fingerprint density at radius 1 is 1.00 bits per heavy atom. The topological polar surface area (TPSA) is 44.2 Å². The Kier molecular flexibility index (Phi) is 5.14. The maximum absolute atomic E-state index is 6.33. The minimum absolute atomic E-state index is 0.318. The van der Waals surface area contributed by atoms with Gasteiger partial charge < -0.3 is 9.47 Å². The van der Waals surface area contributed by atoms with Crippen molar-refractivity contribution in [3.63, 3.8) is 0 Å². The van der Waals surface area contributed by atoms with E-state index in [1.807, 2.05) is 6.92 Å². The number of hydrogen-bond donors (Lipinski definition) is 0. The van der Waals surface area contributed by atoms with Gasteiger partial charge in [0.2, 0.25) is 0 Å². The maximum Gasteiger partial charge on any atom is 0.180 e. The summed E-state index contributed by atoms with van der Waals surface area (Å²) in [4.78, 5) is 8.51. The maximum atomic E-state index is 6.33. The second kappa shape index (κ2) is 6.69. The van der Waals surface area contributed by atoms with E-state index in [0.717, 1.165) is 0 Å². The molecule has 1 heterocycles. The first-order chi connectivity index (χ1) is 10.0. The average molecular weight is 348 g/mol. The smallest absolute Gasteiger partial charge is 0.180 e. The van der Waals surface area contributed by atoms with Crippen molar-refractivity contribution in [3.05, 3.63) is 33.0 Å². The molecule has 0 N–H and O–H groups in total. The highest BCUT2D eigenvalue weighted by Crippen LogP contribution is 2.41. The first-order valence-corrected chi connectivity index (χ1v) is 7.29. The molecule has 112 valence electrons. The van der Waals surface area contributed by atoms with E-state index in [1.54, 1.807) is 12.1 Å². The molecule has 0 amide bonds. The molecular weight excluding hydrogens is 335 g/mol. The van der Waals surface area contributed by atoms with E-state index < -0.39 is 0 Å². The van der Waals surface area contributed by atoms with Crippen LogP contribution < -0.4 is 9.47 Å². The van der Waals surface area contributed by atoms with Crippen molar-refractivity contribution < 1.29 is 9.47 Å². The van der Waals surface area contributed by atoms with Crippen LogP contribution in [0.1, 0.15) is 12.5 Å². The summed E-state index contributed by atoms with van der Waals surface area (Å²) >= 11 is 18.6. The van der Waals surface area contributed by atoms with Gasteiger partial charge in [-0.1, -0.05) is 41.7 Å². The number of aromatic nitrogens is 2. The van der Waals surface area contributed by atoms with Gasteiger partial charge in [0, 0.05) is 11.1 Å².